The van der Waals surface area contributed by atoms with E-state index >= 15 is 4.39 Å². The Labute approximate surface area is 495 Å². The van der Waals surface area contributed by atoms with Crippen molar-refractivity contribution in [2.75, 3.05) is 50.0 Å². The summed E-state index contributed by atoms with van der Waals surface area (Å²) in [7, 11) is 1.99. The third-order valence-corrected chi connectivity index (χ3v) is 16.9. The molecule has 6 aromatic rings. The standard InChI is InChI=1S/C62H74F4N10O8S/c1-35(2)56(53-24-36(3)73-84-53)61(83)76-33-44(77)27-52(76)60(82)71-49(40-14-16-41(17-15-40)57-39(6)70-34-85-57)29-55(79)67-22-12-10-8-9-11-13-23-68-58(80)43-18-20-45(48(63)25-43)42-19-21-51(75-31-37(4)74(7)38(5)32-75)50(26-42)72-59(81)46-30-69-54(78)28-47(46)62(64,65)66/h14-21,24-26,28,30,34-35,37-38,44,49,52,56,77H,8-13,22-23,27,29,31-33H2,1-7H3,(H,67,79)(H,68,80)(H,69,78)(H,71,82)(H,72,81)/t37-,38+,44-,49+,52+,56-/m1/s1. The number of aromatic nitrogens is 3. The molecule has 0 aliphatic carbocycles. The molecule has 23 heteroatoms. The van der Waals surface area contributed by atoms with Crippen molar-refractivity contribution in [2.24, 2.45) is 5.92 Å². The maximum Gasteiger partial charge on any atom is 0.417 e. The number of halogens is 4. The van der Waals surface area contributed by atoms with Gasteiger partial charge in [-0.2, -0.15) is 13.2 Å². The number of likely N-dealkylation sites (tertiary alicyclic amines) is 1. The predicted octanol–water partition coefficient (Wildman–Crippen LogP) is 9.55. The summed E-state index contributed by atoms with van der Waals surface area (Å²) in [6.45, 7) is 13.3. The Morgan fingerprint density at radius 2 is 1.52 bits per heavy atom. The van der Waals surface area contributed by atoms with Crippen molar-refractivity contribution in [3.8, 4) is 21.6 Å². The molecule has 0 radical (unpaired) electrons. The van der Waals surface area contributed by atoms with Crippen LogP contribution in [0.5, 0.6) is 0 Å². The van der Waals surface area contributed by atoms with Crippen molar-refractivity contribution in [1.82, 2.24) is 40.9 Å². The number of likely N-dealkylation sites (N-methyl/N-ethyl adjacent to an activating group) is 1. The summed E-state index contributed by atoms with van der Waals surface area (Å²) in [6.07, 6.45) is -0.493. The van der Waals surface area contributed by atoms with E-state index in [1.54, 1.807) is 30.6 Å². The number of nitrogens with zero attached hydrogens (tertiary/aromatic N) is 5. The molecule has 5 heterocycles. The Kier molecular flexibility index (Phi) is 20.8. The molecule has 0 bridgehead atoms. The third kappa shape index (κ3) is 15.8. The number of aliphatic hydroxyl groups is 1. The lowest BCUT2D eigenvalue weighted by Crippen LogP contribution is -2.55. The quantitative estimate of drug-likeness (QED) is 0.0260. The summed E-state index contributed by atoms with van der Waals surface area (Å²) < 4.78 is 63.4. The molecule has 2 aliphatic rings. The van der Waals surface area contributed by atoms with E-state index in [0.717, 1.165) is 54.1 Å². The highest BCUT2D eigenvalue weighted by Gasteiger charge is 2.44. The van der Waals surface area contributed by atoms with Gasteiger partial charge in [-0.05, 0) is 94.5 Å². The summed E-state index contributed by atoms with van der Waals surface area (Å²) in [5, 5.41) is 26.2. The number of rotatable bonds is 23. The molecule has 85 heavy (non-hydrogen) atoms. The van der Waals surface area contributed by atoms with Crippen LogP contribution in [0.3, 0.4) is 0 Å². The number of aliphatic hydroxyl groups excluding tert-OH is 1. The number of β-amino-alcohol motifs (C(OH)–C–C–N with tert-alkyl or cyclic N) is 1. The van der Waals surface area contributed by atoms with Gasteiger partial charge in [0.15, 0.2) is 0 Å². The van der Waals surface area contributed by atoms with Gasteiger partial charge in [-0.1, -0.05) is 81.1 Å². The number of unbranched alkanes of at least 4 members (excludes halogenated alkanes) is 5. The number of hydrogen-bond acceptors (Lipinski definition) is 13. The first kappa shape index (κ1) is 63.3. The highest BCUT2D eigenvalue weighted by Crippen LogP contribution is 2.38. The van der Waals surface area contributed by atoms with Gasteiger partial charge in [0.05, 0.1) is 62.8 Å². The highest BCUT2D eigenvalue weighted by atomic mass is 32.1. The second-order valence-corrected chi connectivity index (χ2v) is 23.5. The summed E-state index contributed by atoms with van der Waals surface area (Å²) in [5.41, 5.74) is 2.83. The Balaban J connectivity index is 0.810. The zero-order chi connectivity index (χ0) is 61.3. The summed E-state index contributed by atoms with van der Waals surface area (Å²) in [5.74, 6) is -3.96. The lowest BCUT2D eigenvalue weighted by Gasteiger charge is -2.44. The van der Waals surface area contributed by atoms with Crippen LogP contribution in [0.25, 0.3) is 21.6 Å². The van der Waals surface area contributed by atoms with Crippen molar-refractivity contribution in [1.29, 1.82) is 0 Å². The fourth-order valence-electron chi connectivity index (χ4n) is 11.1. The van der Waals surface area contributed by atoms with Gasteiger partial charge in [-0.15, -0.1) is 11.3 Å². The SMILES string of the molecule is Cc1cc([C@H](C(=O)N2C[C@H](O)C[C@H]2C(=O)N[C@@H](CC(=O)NCCCCCCCCNC(=O)c2ccc(-c3ccc(N4C[C@@H](C)N(C)[C@@H](C)C4)c(NC(=O)c4c[nH]c(=O)cc4C(F)(F)F)c3)c(F)c2)c2ccc(-c3scnc3C)cc2)C(C)C)on1. The average Bonchev–Trinajstić information content (AvgIpc) is 3.93. The number of carbonyl (C=O) groups is 5. The Morgan fingerprint density at radius 3 is 2.14 bits per heavy atom. The molecule has 6 atom stereocenters. The van der Waals surface area contributed by atoms with Crippen LogP contribution in [0.1, 0.15) is 140 Å². The van der Waals surface area contributed by atoms with E-state index in [0.29, 0.717) is 73.4 Å². The lowest BCUT2D eigenvalue weighted by molar-refractivity contribution is -0.141. The van der Waals surface area contributed by atoms with E-state index in [-0.39, 0.29) is 66.0 Å². The van der Waals surface area contributed by atoms with Crippen molar-refractivity contribution < 1.29 is 51.2 Å². The summed E-state index contributed by atoms with van der Waals surface area (Å²) in [6, 6.07) is 16.9. The van der Waals surface area contributed by atoms with Crippen LogP contribution >= 0.6 is 11.3 Å². The Morgan fingerprint density at radius 1 is 0.847 bits per heavy atom. The van der Waals surface area contributed by atoms with Crippen LogP contribution < -0.4 is 31.7 Å². The minimum absolute atomic E-state index is 0.0310. The number of aromatic amines is 1. The van der Waals surface area contributed by atoms with Crippen LogP contribution in [0.2, 0.25) is 0 Å². The number of H-pyrrole nitrogens is 1. The summed E-state index contributed by atoms with van der Waals surface area (Å²) in [4.78, 5) is 93.5. The molecule has 5 amide bonds. The zero-order valence-electron chi connectivity index (χ0n) is 48.8. The molecule has 8 rings (SSSR count). The molecule has 3 aromatic carbocycles. The lowest BCUT2D eigenvalue weighted by atomic mass is 9.91. The molecule has 3 aromatic heterocycles. The first-order chi connectivity index (χ1) is 40.5. The molecule has 454 valence electrons. The minimum atomic E-state index is -4.99. The number of anilines is 2. The highest BCUT2D eigenvalue weighted by molar-refractivity contribution is 7.13. The molecule has 6 N–H and O–H groups in total. The normalized spacial score (nSPS) is 18.1. The Bertz CT molecular complexity index is 3390. The number of nitrogens with one attached hydrogen (secondary N) is 5. The number of alkyl halides is 3. The van der Waals surface area contributed by atoms with Crippen molar-refractivity contribution >= 4 is 52.2 Å². The summed E-state index contributed by atoms with van der Waals surface area (Å²) >= 11 is 1.51. The molecule has 0 spiro atoms. The molecule has 18 nitrogen and oxygen atoms in total. The van der Waals surface area contributed by atoms with Gasteiger partial charge >= 0.3 is 6.18 Å². The van der Waals surface area contributed by atoms with Gasteiger partial charge in [0.25, 0.3) is 11.8 Å². The van der Waals surface area contributed by atoms with Gasteiger partial charge in [-0.3, -0.25) is 33.7 Å². The van der Waals surface area contributed by atoms with Gasteiger partial charge in [0, 0.05) is 80.7 Å². The van der Waals surface area contributed by atoms with Gasteiger partial charge < -0.3 is 45.7 Å². The molecule has 0 saturated carbocycles. The number of hydrogen-bond donors (Lipinski definition) is 6. The van der Waals surface area contributed by atoms with Crippen LogP contribution in [-0.4, -0.2) is 124 Å². The van der Waals surface area contributed by atoms with Gasteiger partial charge in [0.2, 0.25) is 23.3 Å². The second kappa shape index (κ2) is 28.0. The predicted molar refractivity (Wildman–Crippen MR) is 317 cm³/mol. The molecule has 2 fully saturated rings. The monoisotopic (exact) mass is 1190 g/mol. The van der Waals surface area contributed by atoms with Crippen molar-refractivity contribution in [3.63, 3.8) is 0 Å². The molecule has 0 unspecified atom stereocenters. The number of thiazole rings is 1. The maximum atomic E-state index is 15.9. The maximum absolute atomic E-state index is 15.9. The van der Waals surface area contributed by atoms with Gasteiger partial charge in [-0.25, -0.2) is 9.37 Å². The first-order valence-corrected chi connectivity index (χ1v) is 29.6. The number of pyridine rings is 1. The van der Waals surface area contributed by atoms with E-state index in [4.69, 9.17) is 4.52 Å². The van der Waals surface area contributed by atoms with Crippen LogP contribution in [-0.2, 0) is 20.6 Å². The minimum Gasteiger partial charge on any atom is -0.391 e. The van der Waals surface area contributed by atoms with Crippen LogP contribution in [0.15, 0.2) is 93.8 Å². The van der Waals surface area contributed by atoms with Crippen LogP contribution in [0.4, 0.5) is 28.9 Å². The average molecular weight is 1200 g/mol. The van der Waals surface area contributed by atoms with Crippen LogP contribution in [0, 0.1) is 25.6 Å². The Hall–Kier alpha value is -7.76. The number of piperazine rings is 1. The first-order valence-electron chi connectivity index (χ1n) is 28.8. The fraction of sp³-hybridized carbons (Fsp3) is 0.452. The fourth-order valence-corrected chi connectivity index (χ4v) is 11.9. The molecule has 2 saturated heterocycles. The number of amides is 5. The third-order valence-electron chi connectivity index (χ3n) is 16.0. The number of benzene rings is 3. The smallest absolute Gasteiger partial charge is 0.391 e. The number of aryl methyl sites for hydroxylation is 2. The van der Waals surface area contributed by atoms with Gasteiger partial charge in [0.1, 0.15) is 23.5 Å². The van der Waals surface area contributed by atoms with E-state index in [1.165, 1.54) is 34.4 Å². The topological polar surface area (TPSA) is 235 Å². The molecular formula is C62H74F4N10O8S. The van der Waals surface area contributed by atoms with E-state index in [9.17, 15) is 47.0 Å². The van der Waals surface area contributed by atoms with E-state index < -0.39 is 70.5 Å². The van der Waals surface area contributed by atoms with Crippen molar-refractivity contribution in [2.45, 2.75) is 135 Å². The zero-order valence-corrected chi connectivity index (χ0v) is 49.6. The number of carbonyl (C=O) groups excluding carboxylic acids is 5. The van der Waals surface area contributed by atoms with Crippen molar-refractivity contribution in [3.05, 3.63) is 140 Å². The second-order valence-electron chi connectivity index (χ2n) is 22.6. The van der Waals surface area contributed by atoms with E-state index in [2.05, 4.69) is 41.3 Å². The van der Waals surface area contributed by atoms with E-state index in [1.807, 2.05) is 70.8 Å². The largest absolute Gasteiger partial charge is 0.417 e. The molecular weight excluding hydrogens is 1120 g/mol. The molecule has 2 aliphatic heterocycles.